The first-order chi connectivity index (χ1) is 9.12. The van der Waals surface area contributed by atoms with E-state index >= 15 is 0 Å². The van der Waals surface area contributed by atoms with Crippen LogP contribution in [0.25, 0.3) is 0 Å². The second kappa shape index (κ2) is 7.63. The van der Waals surface area contributed by atoms with Crippen LogP contribution in [-0.4, -0.2) is 33.2 Å². The lowest BCUT2D eigenvalue weighted by molar-refractivity contribution is -0.120. The zero-order valence-electron chi connectivity index (χ0n) is 12.0. The molecule has 0 aliphatic carbocycles. The predicted octanol–water partition coefficient (Wildman–Crippen LogP) is 1.24. The van der Waals surface area contributed by atoms with Crippen LogP contribution in [0, 0.1) is 6.92 Å². The number of benzene rings is 1. The molecule has 0 radical (unpaired) electrons. The van der Waals surface area contributed by atoms with Crippen LogP contribution < -0.4 is 20.1 Å². The highest BCUT2D eigenvalue weighted by molar-refractivity contribution is 5.78. The van der Waals surface area contributed by atoms with Crippen molar-refractivity contribution >= 4 is 5.91 Å². The van der Waals surface area contributed by atoms with Gasteiger partial charge in [0.15, 0.2) is 11.5 Å². The van der Waals surface area contributed by atoms with E-state index in [1.54, 1.807) is 14.2 Å². The van der Waals surface area contributed by atoms with Crippen molar-refractivity contribution in [2.24, 2.45) is 0 Å². The summed E-state index contributed by atoms with van der Waals surface area (Å²) in [6.07, 6.45) is 0. The van der Waals surface area contributed by atoms with Gasteiger partial charge in [-0.15, -0.1) is 0 Å². The van der Waals surface area contributed by atoms with Gasteiger partial charge in [-0.3, -0.25) is 4.79 Å². The van der Waals surface area contributed by atoms with Crippen LogP contribution >= 0.6 is 0 Å². The molecule has 0 spiro atoms. The van der Waals surface area contributed by atoms with Crippen molar-refractivity contribution in [1.29, 1.82) is 0 Å². The molecule has 0 saturated heterocycles. The summed E-state index contributed by atoms with van der Waals surface area (Å²) >= 11 is 0. The molecule has 0 unspecified atom stereocenters. The van der Waals surface area contributed by atoms with Gasteiger partial charge in [0.2, 0.25) is 5.91 Å². The van der Waals surface area contributed by atoms with Crippen LogP contribution in [0.15, 0.2) is 12.1 Å². The molecule has 0 heterocycles. The summed E-state index contributed by atoms with van der Waals surface area (Å²) in [7, 11) is 3.20. The van der Waals surface area contributed by atoms with E-state index in [4.69, 9.17) is 9.47 Å². The lowest BCUT2D eigenvalue weighted by atomic mass is 10.1. The summed E-state index contributed by atoms with van der Waals surface area (Å²) in [4.78, 5) is 11.5. The lowest BCUT2D eigenvalue weighted by Crippen LogP contribution is -2.33. The number of methoxy groups -OCH3 is 2. The van der Waals surface area contributed by atoms with Crippen LogP contribution in [0.3, 0.4) is 0 Å². The van der Waals surface area contributed by atoms with Crippen molar-refractivity contribution in [1.82, 2.24) is 10.6 Å². The molecule has 5 nitrogen and oxygen atoms in total. The fourth-order valence-corrected chi connectivity index (χ4v) is 1.71. The third kappa shape index (κ3) is 4.44. The molecule has 1 aromatic rings. The Balaban J connectivity index is 2.70. The predicted molar refractivity (Wildman–Crippen MR) is 74.7 cm³/mol. The summed E-state index contributed by atoms with van der Waals surface area (Å²) < 4.78 is 10.5. The molecule has 0 bridgehead atoms. The van der Waals surface area contributed by atoms with Gasteiger partial charge in [0.25, 0.3) is 0 Å². The van der Waals surface area contributed by atoms with E-state index in [1.165, 1.54) is 0 Å². The quantitative estimate of drug-likeness (QED) is 0.779. The summed E-state index contributed by atoms with van der Waals surface area (Å²) in [6, 6.07) is 3.80. The highest BCUT2D eigenvalue weighted by Crippen LogP contribution is 2.30. The van der Waals surface area contributed by atoms with Crippen molar-refractivity contribution in [3.8, 4) is 11.5 Å². The number of rotatable bonds is 7. The first-order valence-electron chi connectivity index (χ1n) is 6.31. The Kier molecular flexibility index (Phi) is 6.15. The van der Waals surface area contributed by atoms with Crippen LogP contribution in [0.1, 0.15) is 18.1 Å². The topological polar surface area (TPSA) is 59.6 Å². The van der Waals surface area contributed by atoms with Gasteiger partial charge in [-0.05, 0) is 36.7 Å². The molecule has 1 rings (SSSR count). The Morgan fingerprint density at radius 3 is 2.42 bits per heavy atom. The van der Waals surface area contributed by atoms with Crippen LogP contribution in [0.5, 0.6) is 11.5 Å². The van der Waals surface area contributed by atoms with Crippen molar-refractivity contribution in [3.05, 3.63) is 23.3 Å². The number of nitrogens with one attached hydrogen (secondary N) is 2. The number of hydrogen-bond donors (Lipinski definition) is 2. The average molecular weight is 266 g/mol. The van der Waals surface area contributed by atoms with E-state index in [0.29, 0.717) is 24.6 Å². The van der Waals surface area contributed by atoms with Crippen LogP contribution in [0.2, 0.25) is 0 Å². The Morgan fingerprint density at radius 1 is 1.21 bits per heavy atom. The number of amides is 1. The number of likely N-dealkylation sites (N-methyl/N-ethyl adjacent to an activating group) is 1. The van der Waals surface area contributed by atoms with E-state index < -0.39 is 0 Å². The minimum absolute atomic E-state index is 0.0176. The second-order valence-corrected chi connectivity index (χ2v) is 4.19. The highest BCUT2D eigenvalue weighted by atomic mass is 16.5. The molecule has 106 valence electrons. The Morgan fingerprint density at radius 2 is 1.84 bits per heavy atom. The normalized spacial score (nSPS) is 10.1. The van der Waals surface area contributed by atoms with Gasteiger partial charge in [-0.25, -0.2) is 0 Å². The van der Waals surface area contributed by atoms with Gasteiger partial charge in [0.1, 0.15) is 0 Å². The lowest BCUT2D eigenvalue weighted by Gasteiger charge is -2.13. The first kappa shape index (κ1) is 15.3. The average Bonchev–Trinajstić information content (AvgIpc) is 2.43. The zero-order chi connectivity index (χ0) is 14.3. The third-order valence-corrected chi connectivity index (χ3v) is 2.85. The van der Waals surface area contributed by atoms with Crippen molar-refractivity contribution in [3.63, 3.8) is 0 Å². The van der Waals surface area contributed by atoms with Crippen molar-refractivity contribution in [2.45, 2.75) is 20.4 Å². The summed E-state index contributed by atoms with van der Waals surface area (Å²) in [5.41, 5.74) is 2.07. The van der Waals surface area contributed by atoms with Gasteiger partial charge in [-0.1, -0.05) is 6.92 Å². The Bertz CT molecular complexity index is 433. The number of hydrogen-bond acceptors (Lipinski definition) is 4. The van der Waals surface area contributed by atoms with Gasteiger partial charge in [0.05, 0.1) is 20.8 Å². The molecule has 5 heteroatoms. The van der Waals surface area contributed by atoms with E-state index in [2.05, 4.69) is 10.6 Å². The smallest absolute Gasteiger partial charge is 0.234 e. The molecule has 0 fully saturated rings. The van der Waals surface area contributed by atoms with Crippen LogP contribution in [0.4, 0.5) is 0 Å². The maximum absolute atomic E-state index is 11.5. The Labute approximate surface area is 114 Å². The molecular formula is C14H22N2O3. The van der Waals surface area contributed by atoms with Crippen molar-refractivity contribution in [2.75, 3.05) is 27.3 Å². The molecule has 0 aliphatic rings. The molecule has 1 amide bonds. The second-order valence-electron chi connectivity index (χ2n) is 4.19. The largest absolute Gasteiger partial charge is 0.493 e. The van der Waals surface area contributed by atoms with E-state index in [1.807, 2.05) is 26.0 Å². The fourth-order valence-electron chi connectivity index (χ4n) is 1.71. The van der Waals surface area contributed by atoms with Crippen molar-refractivity contribution < 1.29 is 14.3 Å². The minimum Gasteiger partial charge on any atom is -0.493 e. The Hall–Kier alpha value is -1.75. The SMILES string of the molecule is CCNCC(=O)NCc1cc(OC)c(OC)cc1C. The summed E-state index contributed by atoms with van der Waals surface area (Å²) in [5.74, 6) is 1.35. The molecule has 0 saturated carbocycles. The molecule has 0 aromatic heterocycles. The number of carbonyl (C=O) groups excluding carboxylic acids is 1. The highest BCUT2D eigenvalue weighted by Gasteiger charge is 2.09. The fraction of sp³-hybridized carbons (Fsp3) is 0.500. The van der Waals surface area contributed by atoms with Gasteiger partial charge in [-0.2, -0.15) is 0 Å². The maximum Gasteiger partial charge on any atom is 0.234 e. The molecule has 0 aliphatic heterocycles. The molecule has 1 aromatic carbocycles. The molecular weight excluding hydrogens is 244 g/mol. The van der Waals surface area contributed by atoms with Gasteiger partial charge < -0.3 is 20.1 Å². The van der Waals surface area contributed by atoms with Gasteiger partial charge in [0, 0.05) is 6.54 Å². The maximum atomic E-state index is 11.5. The number of ether oxygens (including phenoxy) is 2. The standard InChI is InChI=1S/C14H22N2O3/c1-5-15-9-14(17)16-8-11-7-13(19-4)12(18-3)6-10(11)2/h6-7,15H,5,8-9H2,1-4H3,(H,16,17). The summed E-state index contributed by atoms with van der Waals surface area (Å²) in [5, 5.41) is 5.85. The van der Waals surface area contributed by atoms with E-state index in [9.17, 15) is 4.79 Å². The molecule has 0 atom stereocenters. The number of carbonyl (C=O) groups is 1. The summed E-state index contributed by atoms with van der Waals surface area (Å²) in [6.45, 7) is 5.54. The molecule has 19 heavy (non-hydrogen) atoms. The van der Waals surface area contributed by atoms with Gasteiger partial charge >= 0.3 is 0 Å². The first-order valence-corrected chi connectivity index (χ1v) is 6.31. The third-order valence-electron chi connectivity index (χ3n) is 2.85. The minimum atomic E-state index is -0.0176. The van der Waals surface area contributed by atoms with E-state index in [-0.39, 0.29) is 5.91 Å². The monoisotopic (exact) mass is 266 g/mol. The molecule has 2 N–H and O–H groups in total. The van der Waals surface area contributed by atoms with Crippen LogP contribution in [-0.2, 0) is 11.3 Å². The number of aryl methyl sites for hydroxylation is 1. The zero-order valence-corrected chi connectivity index (χ0v) is 12.0. The van der Waals surface area contributed by atoms with E-state index in [0.717, 1.165) is 17.7 Å².